The number of anilines is 1. The van der Waals surface area contributed by atoms with Gasteiger partial charge in [0.25, 0.3) is 0 Å². The Labute approximate surface area is 152 Å². The first kappa shape index (κ1) is 19.2. The predicted octanol–water partition coefficient (Wildman–Crippen LogP) is 3.25. The van der Waals surface area contributed by atoms with E-state index in [4.69, 9.17) is 9.15 Å². The smallest absolute Gasteiger partial charge is 0.329 e. The van der Waals surface area contributed by atoms with Crippen molar-refractivity contribution in [3.8, 4) is 5.75 Å². The number of ether oxygens (including phenoxy) is 1. The summed E-state index contributed by atoms with van der Waals surface area (Å²) in [6, 6.07) is 10.3. The van der Waals surface area contributed by atoms with Crippen molar-refractivity contribution in [3.05, 3.63) is 47.9 Å². The number of hydrazone groups is 1. The summed E-state index contributed by atoms with van der Waals surface area (Å²) in [6.07, 6.45) is 4.60. The molecule has 138 valence electrons. The van der Waals surface area contributed by atoms with Crippen molar-refractivity contribution in [2.24, 2.45) is 5.10 Å². The third-order valence-corrected chi connectivity index (χ3v) is 3.45. The minimum absolute atomic E-state index is 0.484. The number of hydrogen-bond acceptors (Lipinski definition) is 5. The molecule has 2 N–H and O–H groups in total. The standard InChI is InChI=1S/C19H23N3O4/c1-3-4-5-12-25-16-10-7-15(8-11-16)21-18(23)19(24)22-20-13-17-9-6-14(2)26-17/h6-11,13H,3-5,12H2,1-2H3,(H,21,23)(H,22,24). The molecule has 0 fully saturated rings. The molecule has 1 aromatic heterocycles. The highest BCUT2D eigenvalue weighted by atomic mass is 16.5. The molecule has 2 rings (SSSR count). The Balaban J connectivity index is 1.77. The molecule has 2 aromatic rings. The molecule has 0 atom stereocenters. The fraction of sp³-hybridized carbons (Fsp3) is 0.316. The summed E-state index contributed by atoms with van der Waals surface area (Å²) in [4.78, 5) is 23.6. The number of nitrogens with zero attached hydrogens (tertiary/aromatic N) is 1. The molecule has 0 aliphatic heterocycles. The lowest BCUT2D eigenvalue weighted by atomic mass is 10.2. The van der Waals surface area contributed by atoms with Crippen LogP contribution in [0.3, 0.4) is 0 Å². The molecular formula is C19H23N3O4. The van der Waals surface area contributed by atoms with E-state index >= 15 is 0 Å². The van der Waals surface area contributed by atoms with Crippen LogP contribution in [0.15, 0.2) is 45.9 Å². The van der Waals surface area contributed by atoms with Crippen LogP contribution in [-0.2, 0) is 9.59 Å². The fourth-order valence-corrected chi connectivity index (χ4v) is 2.09. The zero-order chi connectivity index (χ0) is 18.8. The molecule has 0 saturated heterocycles. The van der Waals surface area contributed by atoms with Crippen LogP contribution in [0.5, 0.6) is 5.75 Å². The van der Waals surface area contributed by atoms with E-state index in [0.29, 0.717) is 18.1 Å². The lowest BCUT2D eigenvalue weighted by Crippen LogP contribution is -2.32. The molecule has 1 heterocycles. The van der Waals surface area contributed by atoms with Gasteiger partial charge in [-0.05, 0) is 49.7 Å². The van der Waals surface area contributed by atoms with Crippen molar-refractivity contribution in [1.82, 2.24) is 5.43 Å². The van der Waals surface area contributed by atoms with Crippen molar-refractivity contribution in [2.45, 2.75) is 33.1 Å². The van der Waals surface area contributed by atoms with Gasteiger partial charge in [-0.2, -0.15) is 5.10 Å². The van der Waals surface area contributed by atoms with E-state index in [1.807, 2.05) is 0 Å². The molecule has 1 aromatic carbocycles. The SMILES string of the molecule is CCCCCOc1ccc(NC(=O)C(=O)NN=Cc2ccc(C)o2)cc1. The lowest BCUT2D eigenvalue weighted by molar-refractivity contribution is -0.136. The number of benzene rings is 1. The Morgan fingerprint density at radius 1 is 1.12 bits per heavy atom. The van der Waals surface area contributed by atoms with Crippen molar-refractivity contribution in [2.75, 3.05) is 11.9 Å². The number of furan rings is 1. The summed E-state index contributed by atoms with van der Waals surface area (Å²) in [5.41, 5.74) is 2.64. The number of carbonyl (C=O) groups is 2. The highest BCUT2D eigenvalue weighted by Crippen LogP contribution is 2.16. The summed E-state index contributed by atoms with van der Waals surface area (Å²) >= 11 is 0. The molecular weight excluding hydrogens is 334 g/mol. The second-order valence-electron chi connectivity index (χ2n) is 5.68. The van der Waals surface area contributed by atoms with Gasteiger partial charge in [-0.15, -0.1) is 0 Å². The minimum Gasteiger partial charge on any atom is -0.494 e. The topological polar surface area (TPSA) is 92.9 Å². The van der Waals surface area contributed by atoms with E-state index in [1.165, 1.54) is 6.21 Å². The van der Waals surface area contributed by atoms with E-state index < -0.39 is 11.8 Å². The minimum atomic E-state index is -0.871. The van der Waals surface area contributed by atoms with E-state index in [2.05, 4.69) is 22.8 Å². The first-order valence-electron chi connectivity index (χ1n) is 8.52. The number of rotatable bonds is 8. The van der Waals surface area contributed by atoms with Crippen LogP contribution >= 0.6 is 0 Å². The molecule has 7 heteroatoms. The zero-order valence-corrected chi connectivity index (χ0v) is 15.0. The second kappa shape index (κ2) is 10.0. The number of amides is 2. The number of aryl methyl sites for hydroxylation is 1. The highest BCUT2D eigenvalue weighted by molar-refractivity contribution is 6.39. The van der Waals surface area contributed by atoms with Gasteiger partial charge in [-0.1, -0.05) is 19.8 Å². The molecule has 0 spiro atoms. The van der Waals surface area contributed by atoms with Crippen LogP contribution in [0, 0.1) is 6.92 Å². The van der Waals surface area contributed by atoms with Crippen molar-refractivity contribution >= 4 is 23.7 Å². The maximum absolute atomic E-state index is 11.8. The molecule has 2 amide bonds. The van der Waals surface area contributed by atoms with E-state index in [1.54, 1.807) is 43.3 Å². The summed E-state index contributed by atoms with van der Waals surface area (Å²) in [5.74, 6) is 0.256. The Morgan fingerprint density at radius 3 is 2.54 bits per heavy atom. The summed E-state index contributed by atoms with van der Waals surface area (Å²) < 4.78 is 10.9. The van der Waals surface area contributed by atoms with Gasteiger partial charge in [0, 0.05) is 5.69 Å². The molecule has 0 unspecified atom stereocenters. The first-order chi connectivity index (χ1) is 12.6. The zero-order valence-electron chi connectivity index (χ0n) is 15.0. The number of nitrogens with one attached hydrogen (secondary N) is 2. The van der Waals surface area contributed by atoms with Crippen molar-refractivity contribution in [3.63, 3.8) is 0 Å². The number of hydrogen-bond donors (Lipinski definition) is 2. The third-order valence-electron chi connectivity index (χ3n) is 3.45. The van der Waals surface area contributed by atoms with Gasteiger partial charge in [0.05, 0.1) is 12.8 Å². The molecule has 0 radical (unpaired) electrons. The fourth-order valence-electron chi connectivity index (χ4n) is 2.09. The van der Waals surface area contributed by atoms with Gasteiger partial charge in [-0.25, -0.2) is 5.43 Å². The molecule has 0 aliphatic rings. The highest BCUT2D eigenvalue weighted by Gasteiger charge is 2.12. The van der Waals surface area contributed by atoms with Crippen LogP contribution < -0.4 is 15.5 Å². The molecule has 0 aliphatic carbocycles. The van der Waals surface area contributed by atoms with Crippen molar-refractivity contribution < 1.29 is 18.7 Å². The Kier molecular flexibility index (Phi) is 7.42. The van der Waals surface area contributed by atoms with E-state index in [9.17, 15) is 9.59 Å². The molecule has 0 saturated carbocycles. The van der Waals surface area contributed by atoms with Crippen LogP contribution in [0.4, 0.5) is 5.69 Å². The van der Waals surface area contributed by atoms with Gasteiger partial charge < -0.3 is 14.5 Å². The van der Waals surface area contributed by atoms with Gasteiger partial charge in [0.2, 0.25) is 0 Å². The van der Waals surface area contributed by atoms with Gasteiger partial charge in [0.15, 0.2) is 0 Å². The van der Waals surface area contributed by atoms with Crippen LogP contribution in [0.25, 0.3) is 0 Å². The largest absolute Gasteiger partial charge is 0.494 e. The summed E-state index contributed by atoms with van der Waals surface area (Å²) in [5, 5.41) is 6.18. The number of carbonyl (C=O) groups excluding carboxylic acids is 2. The predicted molar refractivity (Wildman–Crippen MR) is 99.3 cm³/mol. The number of unbranched alkanes of at least 4 members (excludes halogenated alkanes) is 2. The lowest BCUT2D eigenvalue weighted by Gasteiger charge is -2.07. The average molecular weight is 357 g/mol. The maximum atomic E-state index is 11.8. The molecule has 0 bridgehead atoms. The van der Waals surface area contributed by atoms with Gasteiger partial charge >= 0.3 is 11.8 Å². The summed E-state index contributed by atoms with van der Waals surface area (Å²) in [6.45, 7) is 4.59. The van der Waals surface area contributed by atoms with Crippen LogP contribution in [-0.4, -0.2) is 24.6 Å². The van der Waals surface area contributed by atoms with Crippen molar-refractivity contribution in [1.29, 1.82) is 0 Å². The Hall–Kier alpha value is -3.09. The monoisotopic (exact) mass is 357 g/mol. The Morgan fingerprint density at radius 2 is 1.88 bits per heavy atom. The third kappa shape index (κ3) is 6.43. The second-order valence-corrected chi connectivity index (χ2v) is 5.68. The van der Waals surface area contributed by atoms with E-state index in [0.717, 1.165) is 30.8 Å². The van der Waals surface area contributed by atoms with Crippen LogP contribution in [0.2, 0.25) is 0 Å². The summed E-state index contributed by atoms with van der Waals surface area (Å²) in [7, 11) is 0. The van der Waals surface area contributed by atoms with Crippen LogP contribution in [0.1, 0.15) is 37.7 Å². The quantitative estimate of drug-likeness (QED) is 0.328. The molecule has 7 nitrogen and oxygen atoms in total. The average Bonchev–Trinajstić information content (AvgIpc) is 3.05. The first-order valence-corrected chi connectivity index (χ1v) is 8.52. The van der Waals surface area contributed by atoms with E-state index in [-0.39, 0.29) is 0 Å². The van der Waals surface area contributed by atoms with Gasteiger partial charge in [0.1, 0.15) is 17.3 Å². The maximum Gasteiger partial charge on any atom is 0.329 e. The van der Waals surface area contributed by atoms with Gasteiger partial charge in [-0.3, -0.25) is 9.59 Å². The molecule has 26 heavy (non-hydrogen) atoms. The Bertz CT molecular complexity index is 750. The normalized spacial score (nSPS) is 10.7.